The Bertz CT molecular complexity index is 930. The average Bonchev–Trinajstić information content (AvgIpc) is 2.54. The van der Waals surface area contributed by atoms with Crippen molar-refractivity contribution in [2.75, 3.05) is 16.0 Å². The second-order valence-corrected chi connectivity index (χ2v) is 6.21. The maximum atomic E-state index is 11.2. The SMILES string of the molecule is CC(=O)Nc1cccc(Nc2cnnc(Nc3cc(Cl)cc(Cl)c3)n2)c1. The van der Waals surface area contributed by atoms with E-state index in [1.807, 2.05) is 12.1 Å². The number of hydrogen-bond acceptors (Lipinski definition) is 6. The van der Waals surface area contributed by atoms with Crippen molar-refractivity contribution in [2.24, 2.45) is 0 Å². The van der Waals surface area contributed by atoms with Gasteiger partial charge in [0, 0.05) is 34.0 Å². The van der Waals surface area contributed by atoms with Crippen LogP contribution in [0.4, 0.5) is 28.8 Å². The molecule has 0 spiro atoms. The fourth-order valence-corrected chi connectivity index (χ4v) is 2.72. The monoisotopic (exact) mass is 388 g/mol. The Morgan fingerprint density at radius 3 is 2.42 bits per heavy atom. The van der Waals surface area contributed by atoms with Crippen LogP contribution in [0.1, 0.15) is 6.92 Å². The molecule has 7 nitrogen and oxygen atoms in total. The highest BCUT2D eigenvalue weighted by molar-refractivity contribution is 6.35. The number of hydrogen-bond donors (Lipinski definition) is 3. The van der Waals surface area contributed by atoms with E-state index in [0.29, 0.717) is 27.2 Å². The second kappa shape index (κ2) is 7.99. The lowest BCUT2D eigenvalue weighted by atomic mass is 10.2. The van der Waals surface area contributed by atoms with Crippen LogP contribution < -0.4 is 16.0 Å². The highest BCUT2D eigenvalue weighted by Crippen LogP contribution is 2.24. The molecule has 26 heavy (non-hydrogen) atoms. The molecule has 0 saturated heterocycles. The number of benzene rings is 2. The summed E-state index contributed by atoms with van der Waals surface area (Å²) in [5.74, 6) is 0.625. The van der Waals surface area contributed by atoms with Gasteiger partial charge in [0.25, 0.3) is 0 Å². The number of carbonyl (C=O) groups is 1. The van der Waals surface area contributed by atoms with E-state index in [9.17, 15) is 4.79 Å². The molecule has 0 fully saturated rings. The molecule has 3 aromatic rings. The highest BCUT2D eigenvalue weighted by atomic mass is 35.5. The molecule has 2 aromatic carbocycles. The summed E-state index contributed by atoms with van der Waals surface area (Å²) < 4.78 is 0. The Morgan fingerprint density at radius 1 is 0.962 bits per heavy atom. The molecule has 0 atom stereocenters. The van der Waals surface area contributed by atoms with Gasteiger partial charge in [-0.05, 0) is 36.4 Å². The first-order chi connectivity index (χ1) is 12.5. The van der Waals surface area contributed by atoms with Gasteiger partial charge in [0.05, 0.1) is 6.20 Å². The van der Waals surface area contributed by atoms with E-state index >= 15 is 0 Å². The van der Waals surface area contributed by atoms with Crippen LogP contribution in [0, 0.1) is 0 Å². The molecule has 3 rings (SSSR count). The van der Waals surface area contributed by atoms with Gasteiger partial charge in [0.15, 0.2) is 5.82 Å². The lowest BCUT2D eigenvalue weighted by Crippen LogP contribution is -2.06. The Morgan fingerprint density at radius 2 is 1.69 bits per heavy atom. The summed E-state index contributed by atoms with van der Waals surface area (Å²) in [6, 6.07) is 12.3. The van der Waals surface area contributed by atoms with E-state index in [1.165, 1.54) is 13.1 Å². The smallest absolute Gasteiger partial charge is 0.249 e. The van der Waals surface area contributed by atoms with Crippen LogP contribution in [0.25, 0.3) is 0 Å². The summed E-state index contributed by atoms with van der Waals surface area (Å²) in [6.45, 7) is 1.45. The number of nitrogens with zero attached hydrogens (tertiary/aromatic N) is 3. The van der Waals surface area contributed by atoms with E-state index < -0.39 is 0 Å². The first kappa shape index (κ1) is 17.9. The molecule has 0 aliphatic heterocycles. The van der Waals surface area contributed by atoms with Crippen molar-refractivity contribution in [3.05, 3.63) is 58.7 Å². The third-order valence-electron chi connectivity index (χ3n) is 3.13. The van der Waals surface area contributed by atoms with Gasteiger partial charge in [-0.2, -0.15) is 10.1 Å². The Hall–Kier alpha value is -2.90. The van der Waals surface area contributed by atoms with Crippen molar-refractivity contribution in [1.29, 1.82) is 0 Å². The third-order valence-corrected chi connectivity index (χ3v) is 3.57. The molecule has 0 aliphatic rings. The van der Waals surface area contributed by atoms with Crippen LogP contribution >= 0.6 is 23.2 Å². The lowest BCUT2D eigenvalue weighted by Gasteiger charge is -2.09. The number of amides is 1. The molecule has 9 heteroatoms. The molecular formula is C17H14Cl2N6O. The minimum absolute atomic E-state index is 0.141. The van der Waals surface area contributed by atoms with Crippen LogP contribution in [0.3, 0.4) is 0 Å². The molecule has 1 aromatic heterocycles. The van der Waals surface area contributed by atoms with E-state index in [4.69, 9.17) is 23.2 Å². The first-order valence-corrected chi connectivity index (χ1v) is 8.31. The number of nitrogens with one attached hydrogen (secondary N) is 3. The predicted octanol–water partition coefficient (Wildman–Crippen LogP) is 4.62. The Balaban J connectivity index is 1.76. The first-order valence-electron chi connectivity index (χ1n) is 7.55. The molecule has 0 saturated carbocycles. The second-order valence-electron chi connectivity index (χ2n) is 5.34. The fourth-order valence-electron chi connectivity index (χ4n) is 2.20. The number of anilines is 5. The van der Waals surface area contributed by atoms with Gasteiger partial charge in [0.2, 0.25) is 11.9 Å². The highest BCUT2D eigenvalue weighted by Gasteiger charge is 2.05. The maximum Gasteiger partial charge on any atom is 0.249 e. The summed E-state index contributed by atoms with van der Waals surface area (Å²) in [5, 5.41) is 17.7. The van der Waals surface area contributed by atoms with Gasteiger partial charge in [-0.3, -0.25) is 4.79 Å². The molecule has 3 N–H and O–H groups in total. The summed E-state index contributed by atoms with van der Waals surface area (Å²) in [7, 11) is 0. The molecule has 0 aliphatic carbocycles. The molecule has 0 radical (unpaired) electrons. The topological polar surface area (TPSA) is 91.8 Å². The predicted molar refractivity (Wildman–Crippen MR) is 104 cm³/mol. The van der Waals surface area contributed by atoms with Crippen molar-refractivity contribution in [3.63, 3.8) is 0 Å². The maximum absolute atomic E-state index is 11.2. The summed E-state index contributed by atoms with van der Waals surface area (Å²) in [4.78, 5) is 15.5. The standard InChI is InChI=1S/C17H14Cl2N6O/c1-10(26)21-13-3-2-4-14(8-13)22-16-9-20-25-17(24-16)23-15-6-11(18)5-12(19)7-15/h2-9H,1H3,(H,21,26)(H2,22,23,24,25). The molecule has 1 amide bonds. The quantitative estimate of drug-likeness (QED) is 0.590. The van der Waals surface area contributed by atoms with Gasteiger partial charge in [-0.15, -0.1) is 5.10 Å². The van der Waals surface area contributed by atoms with E-state index in [1.54, 1.807) is 30.3 Å². The minimum Gasteiger partial charge on any atom is -0.339 e. The van der Waals surface area contributed by atoms with Crippen molar-refractivity contribution in [1.82, 2.24) is 15.2 Å². The lowest BCUT2D eigenvalue weighted by molar-refractivity contribution is -0.114. The zero-order valence-electron chi connectivity index (χ0n) is 13.6. The van der Waals surface area contributed by atoms with E-state index in [2.05, 4.69) is 31.1 Å². The van der Waals surface area contributed by atoms with E-state index in [-0.39, 0.29) is 11.9 Å². The van der Waals surface area contributed by atoms with Crippen LogP contribution in [0.5, 0.6) is 0 Å². The zero-order valence-corrected chi connectivity index (χ0v) is 15.1. The number of aromatic nitrogens is 3. The largest absolute Gasteiger partial charge is 0.339 e. The fraction of sp³-hybridized carbons (Fsp3) is 0.0588. The minimum atomic E-state index is -0.141. The van der Waals surface area contributed by atoms with Gasteiger partial charge in [-0.1, -0.05) is 29.3 Å². The Kier molecular flexibility index (Phi) is 5.50. The molecule has 0 bridgehead atoms. The number of rotatable bonds is 5. The number of halogens is 2. The van der Waals surface area contributed by atoms with Crippen LogP contribution in [-0.2, 0) is 4.79 Å². The van der Waals surface area contributed by atoms with Crippen molar-refractivity contribution >= 4 is 57.9 Å². The summed E-state index contributed by atoms with van der Waals surface area (Å²) >= 11 is 12.0. The van der Waals surface area contributed by atoms with Crippen LogP contribution in [0.15, 0.2) is 48.7 Å². The summed E-state index contributed by atoms with van der Waals surface area (Å²) in [5.41, 5.74) is 2.07. The molecule has 132 valence electrons. The molecule has 0 unspecified atom stereocenters. The molecular weight excluding hydrogens is 375 g/mol. The van der Waals surface area contributed by atoms with E-state index in [0.717, 1.165) is 5.69 Å². The number of carbonyl (C=O) groups excluding carboxylic acids is 1. The van der Waals surface area contributed by atoms with Crippen molar-refractivity contribution in [3.8, 4) is 0 Å². The normalized spacial score (nSPS) is 10.3. The van der Waals surface area contributed by atoms with Crippen LogP contribution in [-0.4, -0.2) is 21.1 Å². The molecule has 1 heterocycles. The van der Waals surface area contributed by atoms with Gasteiger partial charge >= 0.3 is 0 Å². The zero-order chi connectivity index (χ0) is 18.5. The van der Waals surface area contributed by atoms with Crippen molar-refractivity contribution < 1.29 is 4.79 Å². The third kappa shape index (κ3) is 5.05. The van der Waals surface area contributed by atoms with Gasteiger partial charge in [0.1, 0.15) is 0 Å². The van der Waals surface area contributed by atoms with Gasteiger partial charge < -0.3 is 16.0 Å². The van der Waals surface area contributed by atoms with Crippen LogP contribution in [0.2, 0.25) is 10.0 Å². The van der Waals surface area contributed by atoms with Crippen molar-refractivity contribution in [2.45, 2.75) is 6.92 Å². The average molecular weight is 389 g/mol. The summed E-state index contributed by atoms with van der Waals surface area (Å²) in [6.07, 6.45) is 1.49. The Labute approximate surface area is 159 Å². The van der Waals surface area contributed by atoms with Gasteiger partial charge in [-0.25, -0.2) is 0 Å².